The van der Waals surface area contributed by atoms with E-state index >= 15 is 0 Å². The number of aliphatic hydroxyl groups excluding tert-OH is 5. The molecule has 0 saturated carbocycles. The number of allylic oxidation sites excluding steroid dienone is 5. The standard InChI is InChI=1S/C47H76O17/c1-25-17-26(2)19-34(49)36(58-11)23-35(30(6)47(55)43(60-13)42(52)46(8,54)37(64-47)15-14-16-56-9)62-44(53)29(5)21-33(57-10)22-32(24-48)20-28(4)40(27(3)18-25)63-45-39(51)38(50)41(59-12)31(7)61-45/h17-22,28,30-31,34-43,45,48-52,54-55H,14-16,23-24H2,1-13H3/t28?,30-,31-,34?,35?,36?,37-,38-,39-,40?,41-,42-,43-,45-,46-,47+/m1/s1. The van der Waals surface area contributed by atoms with Gasteiger partial charge in [-0.1, -0.05) is 49.3 Å². The Balaban J connectivity index is 2.19. The van der Waals surface area contributed by atoms with Gasteiger partial charge in [-0.15, -0.1) is 0 Å². The van der Waals surface area contributed by atoms with Crippen molar-refractivity contribution in [3.8, 4) is 0 Å². The van der Waals surface area contributed by atoms with Gasteiger partial charge in [-0.05, 0) is 77.7 Å². The third-order valence-electron chi connectivity index (χ3n) is 12.5. The third kappa shape index (κ3) is 13.6. The maximum Gasteiger partial charge on any atom is 0.334 e. The second-order valence-electron chi connectivity index (χ2n) is 17.5. The number of hydrogen-bond acceptors (Lipinski definition) is 17. The van der Waals surface area contributed by atoms with Crippen molar-refractivity contribution in [2.24, 2.45) is 11.8 Å². The van der Waals surface area contributed by atoms with Crippen molar-refractivity contribution < 1.29 is 83.2 Å². The van der Waals surface area contributed by atoms with Gasteiger partial charge in [0.25, 0.3) is 0 Å². The summed E-state index contributed by atoms with van der Waals surface area (Å²) in [4.78, 5) is 14.1. The lowest BCUT2D eigenvalue weighted by atomic mass is 9.75. The van der Waals surface area contributed by atoms with E-state index in [0.29, 0.717) is 29.7 Å². The number of hydrogen-bond donors (Lipinski definition) is 7. The fourth-order valence-corrected chi connectivity index (χ4v) is 8.71. The molecule has 0 aliphatic carbocycles. The van der Waals surface area contributed by atoms with Gasteiger partial charge in [-0.3, -0.25) is 0 Å². The molecule has 17 nitrogen and oxygen atoms in total. The van der Waals surface area contributed by atoms with Crippen LogP contribution in [0.25, 0.3) is 0 Å². The summed E-state index contributed by atoms with van der Waals surface area (Å²) in [6.07, 6.45) is -3.49. The van der Waals surface area contributed by atoms with E-state index in [2.05, 4.69) is 0 Å². The maximum atomic E-state index is 14.1. The topological polar surface area (TPSA) is 242 Å². The molecule has 3 aliphatic heterocycles. The number of aliphatic hydroxyl groups is 7. The molecule has 64 heavy (non-hydrogen) atoms. The first-order valence-electron chi connectivity index (χ1n) is 21.8. The first kappa shape index (κ1) is 55.5. The van der Waals surface area contributed by atoms with Crippen LogP contribution in [0.15, 0.2) is 70.1 Å². The van der Waals surface area contributed by atoms with Crippen LogP contribution in [0.5, 0.6) is 0 Å². The molecule has 0 bridgehead atoms. The van der Waals surface area contributed by atoms with Crippen LogP contribution in [0.2, 0.25) is 0 Å². The van der Waals surface area contributed by atoms with Crippen LogP contribution < -0.4 is 0 Å². The highest BCUT2D eigenvalue weighted by molar-refractivity contribution is 5.88. The largest absolute Gasteiger partial charge is 0.497 e. The lowest BCUT2D eigenvalue weighted by Crippen LogP contribution is -2.72. The average molecular weight is 913 g/mol. The SMILES string of the molecule is COCCC[C@H]1O[C@@](O)([C@H](C)C2CC(OC)C(O)C=C(C)C=C(C)C=C(C)C(O[C@H]3O[C@H](C)[C@@H](OC)[C@H](O)[C@H]3O)C(C)C=C(CO)C=C(OC)C=C(C)C(=O)O2)[C@H](OC)[C@@H](O)[C@]1(C)O. The van der Waals surface area contributed by atoms with Crippen LogP contribution in [0.1, 0.15) is 74.7 Å². The Morgan fingerprint density at radius 2 is 1.55 bits per heavy atom. The molecule has 17 heteroatoms. The van der Waals surface area contributed by atoms with Crippen molar-refractivity contribution in [2.45, 2.75) is 159 Å². The smallest absolute Gasteiger partial charge is 0.334 e. The predicted molar refractivity (Wildman–Crippen MR) is 235 cm³/mol. The van der Waals surface area contributed by atoms with Crippen LogP contribution in [0.3, 0.4) is 0 Å². The van der Waals surface area contributed by atoms with E-state index in [0.717, 1.165) is 5.57 Å². The maximum absolute atomic E-state index is 14.1. The fourth-order valence-electron chi connectivity index (χ4n) is 8.71. The van der Waals surface area contributed by atoms with Gasteiger partial charge in [0.2, 0.25) is 5.79 Å². The third-order valence-corrected chi connectivity index (χ3v) is 12.5. The van der Waals surface area contributed by atoms with Gasteiger partial charge in [0.1, 0.15) is 48.0 Å². The Kier molecular flexibility index (Phi) is 21.5. The van der Waals surface area contributed by atoms with E-state index < -0.39 is 109 Å². The van der Waals surface area contributed by atoms with Crippen LogP contribution >= 0.6 is 0 Å². The lowest BCUT2D eigenvalue weighted by Gasteiger charge is -2.54. The zero-order valence-corrected chi connectivity index (χ0v) is 39.8. The number of carbonyl (C=O) groups is 1. The summed E-state index contributed by atoms with van der Waals surface area (Å²) in [5.74, 6) is -4.66. The Labute approximate surface area is 378 Å². The second kappa shape index (κ2) is 24.8. The van der Waals surface area contributed by atoms with Crippen LogP contribution in [-0.4, -0.2) is 175 Å². The minimum atomic E-state index is -2.34. The Morgan fingerprint density at radius 1 is 0.875 bits per heavy atom. The highest BCUT2D eigenvalue weighted by atomic mass is 16.7. The number of esters is 1. The molecule has 7 N–H and O–H groups in total. The highest BCUT2D eigenvalue weighted by Crippen LogP contribution is 2.44. The van der Waals surface area contributed by atoms with Gasteiger partial charge < -0.3 is 78.4 Å². The van der Waals surface area contributed by atoms with Gasteiger partial charge >= 0.3 is 5.97 Å². The molecule has 16 atom stereocenters. The van der Waals surface area contributed by atoms with E-state index in [4.69, 9.17) is 42.6 Å². The molecular weight excluding hydrogens is 836 g/mol. The molecule has 0 spiro atoms. The number of carbonyl (C=O) groups excluding carboxylic acids is 1. The Hall–Kier alpha value is -2.85. The Bertz CT molecular complexity index is 1700. The highest BCUT2D eigenvalue weighted by Gasteiger charge is 2.62. The number of ether oxygens (including phenoxy) is 9. The molecule has 0 aromatic heterocycles. The molecule has 3 aliphatic rings. The monoisotopic (exact) mass is 913 g/mol. The van der Waals surface area contributed by atoms with E-state index in [1.807, 2.05) is 32.9 Å². The number of rotatable bonds is 13. The van der Waals surface area contributed by atoms with Crippen molar-refractivity contribution >= 4 is 5.97 Å². The van der Waals surface area contributed by atoms with E-state index in [-0.39, 0.29) is 24.2 Å². The second-order valence-corrected chi connectivity index (χ2v) is 17.5. The van der Waals surface area contributed by atoms with Gasteiger partial charge in [0, 0.05) is 53.0 Å². The molecule has 3 rings (SSSR count). The van der Waals surface area contributed by atoms with E-state index in [1.54, 1.807) is 32.9 Å². The van der Waals surface area contributed by atoms with Crippen LogP contribution in [0.4, 0.5) is 0 Å². The molecule has 2 saturated heterocycles. The molecule has 2 fully saturated rings. The predicted octanol–water partition coefficient (Wildman–Crippen LogP) is 2.69. The van der Waals surface area contributed by atoms with Gasteiger partial charge in [-0.25, -0.2) is 4.79 Å². The number of cyclic esters (lactones) is 1. The molecule has 5 unspecified atom stereocenters. The molecule has 0 radical (unpaired) electrons. The molecule has 0 aromatic carbocycles. The summed E-state index contributed by atoms with van der Waals surface area (Å²) in [6, 6.07) is 0. The first-order valence-corrected chi connectivity index (χ1v) is 21.8. The van der Waals surface area contributed by atoms with E-state index in [9.17, 15) is 40.5 Å². The van der Waals surface area contributed by atoms with Crippen molar-refractivity contribution in [3.63, 3.8) is 0 Å². The van der Waals surface area contributed by atoms with Crippen molar-refractivity contribution in [2.75, 3.05) is 48.8 Å². The zero-order valence-electron chi connectivity index (χ0n) is 39.8. The summed E-state index contributed by atoms with van der Waals surface area (Å²) in [6.45, 7) is 13.4. The van der Waals surface area contributed by atoms with E-state index in [1.165, 1.54) is 61.5 Å². The minimum absolute atomic E-state index is 0.0571. The van der Waals surface area contributed by atoms with Crippen molar-refractivity contribution in [1.82, 2.24) is 0 Å². The first-order chi connectivity index (χ1) is 30.0. The summed E-state index contributed by atoms with van der Waals surface area (Å²) >= 11 is 0. The summed E-state index contributed by atoms with van der Waals surface area (Å²) < 4.78 is 52.4. The molecule has 0 amide bonds. The summed E-state index contributed by atoms with van der Waals surface area (Å²) in [5.41, 5.74) is 0.700. The van der Waals surface area contributed by atoms with Gasteiger partial charge in [0.15, 0.2) is 6.29 Å². The van der Waals surface area contributed by atoms with Crippen LogP contribution in [0, 0.1) is 11.8 Å². The molecule has 3 heterocycles. The summed E-state index contributed by atoms with van der Waals surface area (Å²) in [5, 5.41) is 79.5. The summed E-state index contributed by atoms with van der Waals surface area (Å²) in [7, 11) is 6.98. The van der Waals surface area contributed by atoms with Gasteiger partial charge in [0.05, 0.1) is 50.2 Å². The Morgan fingerprint density at radius 3 is 2.12 bits per heavy atom. The van der Waals surface area contributed by atoms with Gasteiger partial charge in [-0.2, -0.15) is 0 Å². The molecule has 0 aromatic rings. The number of methoxy groups -OCH3 is 5. The normalized spacial score (nSPS) is 38.4. The molecule has 366 valence electrons. The molecular formula is C47H76O17. The van der Waals surface area contributed by atoms with Crippen molar-refractivity contribution in [1.29, 1.82) is 0 Å². The van der Waals surface area contributed by atoms with Crippen molar-refractivity contribution in [3.05, 3.63) is 70.1 Å². The fraction of sp³-hybridized carbons (Fsp3) is 0.723. The lowest BCUT2D eigenvalue weighted by molar-refractivity contribution is -0.393. The average Bonchev–Trinajstić information content (AvgIpc) is 3.23. The zero-order chi connectivity index (χ0) is 48.3. The quantitative estimate of drug-likeness (QED) is 0.104. The minimum Gasteiger partial charge on any atom is -0.497 e. The van der Waals surface area contributed by atoms with Crippen LogP contribution in [-0.2, 0) is 47.4 Å².